The molecule has 0 N–H and O–H groups in total. The smallest absolute Gasteiger partial charge is 0.0462 e. The van der Waals surface area contributed by atoms with E-state index in [2.05, 4.69) is 232 Å². The molecule has 0 aliphatic carbocycles. The highest BCUT2D eigenvalue weighted by Gasteiger charge is 2.19. The molecule has 0 bridgehead atoms. The molecular weight excluding hydrogens is 687 g/mol. The second kappa shape index (κ2) is 14.0. The summed E-state index contributed by atoms with van der Waals surface area (Å²) in [4.78, 5) is 2.36. The molecule has 0 radical (unpaired) electrons. The molecule has 10 aromatic rings. The van der Waals surface area contributed by atoms with Gasteiger partial charge in [-0.3, -0.25) is 0 Å². The van der Waals surface area contributed by atoms with Crippen molar-refractivity contribution in [3.63, 3.8) is 0 Å². The van der Waals surface area contributed by atoms with E-state index < -0.39 is 0 Å². The van der Waals surface area contributed by atoms with Crippen LogP contribution in [0, 0.1) is 0 Å². The molecule has 0 atom stereocenters. The topological polar surface area (TPSA) is 3.24 Å². The molecule has 0 aromatic heterocycles. The fourth-order valence-corrected chi connectivity index (χ4v) is 8.59. The van der Waals surface area contributed by atoms with E-state index >= 15 is 0 Å². The maximum atomic E-state index is 2.40. The minimum Gasteiger partial charge on any atom is -0.311 e. The Labute approximate surface area is 335 Å². The molecule has 0 unspecified atom stereocenters. The van der Waals surface area contributed by atoms with Crippen LogP contribution in [0.5, 0.6) is 0 Å². The number of hydrogen-bond donors (Lipinski definition) is 0. The Morgan fingerprint density at radius 3 is 1.05 bits per heavy atom. The third kappa shape index (κ3) is 6.32. The van der Waals surface area contributed by atoms with Crippen molar-refractivity contribution in [2.45, 2.75) is 26.2 Å². The minimum absolute atomic E-state index is 0.118. The van der Waals surface area contributed by atoms with Crippen LogP contribution in [0.2, 0.25) is 0 Å². The van der Waals surface area contributed by atoms with E-state index in [-0.39, 0.29) is 5.41 Å². The van der Waals surface area contributed by atoms with Gasteiger partial charge in [-0.25, -0.2) is 0 Å². The summed E-state index contributed by atoms with van der Waals surface area (Å²) < 4.78 is 0. The molecule has 1 nitrogen and oxygen atoms in total. The van der Waals surface area contributed by atoms with Crippen molar-refractivity contribution in [2.24, 2.45) is 0 Å². The first-order valence-electron chi connectivity index (χ1n) is 19.9. The van der Waals surface area contributed by atoms with Gasteiger partial charge in [-0.2, -0.15) is 0 Å². The van der Waals surface area contributed by atoms with Gasteiger partial charge in [-0.1, -0.05) is 178 Å². The second-order valence-electron chi connectivity index (χ2n) is 16.2. The molecule has 57 heavy (non-hydrogen) atoms. The fraction of sp³-hybridized carbons (Fsp3) is 0.0714. The van der Waals surface area contributed by atoms with Gasteiger partial charge in [0, 0.05) is 17.1 Å². The molecule has 0 fully saturated rings. The van der Waals surface area contributed by atoms with Gasteiger partial charge in [0.1, 0.15) is 0 Å². The van der Waals surface area contributed by atoms with E-state index in [9.17, 15) is 0 Å². The molecule has 0 saturated heterocycles. The Morgan fingerprint density at radius 1 is 0.316 bits per heavy atom. The maximum absolute atomic E-state index is 2.40. The highest BCUT2D eigenvalue weighted by molar-refractivity contribution is 6.29. The molecule has 0 spiro atoms. The summed E-state index contributed by atoms with van der Waals surface area (Å²) in [5, 5.41) is 7.79. The lowest BCUT2D eigenvalue weighted by Crippen LogP contribution is -2.10. The van der Waals surface area contributed by atoms with Crippen LogP contribution in [0.15, 0.2) is 206 Å². The molecule has 1 heteroatoms. The van der Waals surface area contributed by atoms with Crippen LogP contribution in [0.3, 0.4) is 0 Å². The number of benzene rings is 10. The first-order valence-corrected chi connectivity index (χ1v) is 19.9. The molecule has 0 aliphatic heterocycles. The molecular formula is C56H43N. The zero-order valence-electron chi connectivity index (χ0n) is 32.6. The molecule has 10 rings (SSSR count). The number of hydrogen-bond acceptors (Lipinski definition) is 1. The number of nitrogens with zero attached hydrogens (tertiary/aromatic N) is 1. The normalized spacial score (nSPS) is 11.8. The Hall–Kier alpha value is -6.96. The standard InChI is InChI=1S/C56H43N/c1-56(2,3)46-28-20-42(21-29-46)52-36-44-16-11-19-51-53(37-45-17-10-18-50(52)54(45)55(44)51)43-26-34-49(35-27-43)57(47-30-22-40(23-31-47)38-12-6-4-7-13-38)48-32-24-41(25-33-48)39-14-8-5-9-15-39/h4-37H,1-3H3. The van der Waals surface area contributed by atoms with Crippen LogP contribution in [-0.2, 0) is 5.41 Å². The van der Waals surface area contributed by atoms with E-state index in [1.54, 1.807) is 0 Å². The molecule has 0 aliphatic rings. The molecule has 0 amide bonds. The van der Waals surface area contributed by atoms with Crippen LogP contribution in [0.25, 0.3) is 76.8 Å². The average molecular weight is 730 g/mol. The summed E-state index contributed by atoms with van der Waals surface area (Å²) >= 11 is 0. The van der Waals surface area contributed by atoms with Crippen molar-refractivity contribution >= 4 is 49.4 Å². The predicted molar refractivity (Wildman–Crippen MR) is 245 cm³/mol. The lowest BCUT2D eigenvalue weighted by atomic mass is 9.84. The highest BCUT2D eigenvalue weighted by Crippen LogP contribution is 2.45. The van der Waals surface area contributed by atoms with Crippen molar-refractivity contribution in [1.82, 2.24) is 0 Å². The summed E-state index contributed by atoms with van der Waals surface area (Å²) in [5.74, 6) is 0. The minimum atomic E-state index is 0.118. The van der Waals surface area contributed by atoms with Crippen LogP contribution < -0.4 is 4.90 Å². The first kappa shape index (κ1) is 34.5. The molecule has 10 aromatic carbocycles. The van der Waals surface area contributed by atoms with Crippen molar-refractivity contribution in [3.8, 4) is 44.5 Å². The van der Waals surface area contributed by atoms with Crippen molar-refractivity contribution in [2.75, 3.05) is 4.90 Å². The quantitative estimate of drug-likeness (QED) is 0.148. The van der Waals surface area contributed by atoms with Gasteiger partial charge < -0.3 is 4.90 Å². The average Bonchev–Trinajstić information content (AvgIpc) is 3.26. The zero-order chi connectivity index (χ0) is 38.5. The molecule has 0 heterocycles. The van der Waals surface area contributed by atoms with Gasteiger partial charge in [-0.15, -0.1) is 0 Å². The van der Waals surface area contributed by atoms with Gasteiger partial charge in [-0.05, 0) is 136 Å². The fourth-order valence-electron chi connectivity index (χ4n) is 8.59. The van der Waals surface area contributed by atoms with E-state index in [1.807, 2.05) is 0 Å². The van der Waals surface area contributed by atoms with Crippen LogP contribution in [-0.4, -0.2) is 0 Å². The van der Waals surface area contributed by atoms with Gasteiger partial charge >= 0.3 is 0 Å². The van der Waals surface area contributed by atoms with Crippen LogP contribution >= 0.6 is 0 Å². The van der Waals surface area contributed by atoms with Gasteiger partial charge in [0.2, 0.25) is 0 Å². The van der Waals surface area contributed by atoms with Gasteiger partial charge in [0.25, 0.3) is 0 Å². The van der Waals surface area contributed by atoms with Gasteiger partial charge in [0.05, 0.1) is 0 Å². The van der Waals surface area contributed by atoms with Crippen LogP contribution in [0.4, 0.5) is 17.1 Å². The van der Waals surface area contributed by atoms with E-state index in [4.69, 9.17) is 0 Å². The lowest BCUT2D eigenvalue weighted by molar-refractivity contribution is 0.590. The summed E-state index contributed by atoms with van der Waals surface area (Å²) in [6, 6.07) is 75.7. The zero-order valence-corrected chi connectivity index (χ0v) is 32.6. The van der Waals surface area contributed by atoms with Crippen molar-refractivity contribution in [3.05, 3.63) is 212 Å². The number of rotatable bonds is 7. The predicted octanol–water partition coefficient (Wildman–Crippen LogP) is 16.0. The van der Waals surface area contributed by atoms with Crippen molar-refractivity contribution < 1.29 is 0 Å². The monoisotopic (exact) mass is 729 g/mol. The highest BCUT2D eigenvalue weighted by atomic mass is 15.1. The maximum Gasteiger partial charge on any atom is 0.0462 e. The first-order chi connectivity index (χ1) is 27.9. The summed E-state index contributed by atoms with van der Waals surface area (Å²) in [6.07, 6.45) is 0. The summed E-state index contributed by atoms with van der Waals surface area (Å²) in [6.45, 7) is 6.82. The largest absolute Gasteiger partial charge is 0.311 e. The SMILES string of the molecule is CC(C)(C)c1ccc(-c2cc3cccc4c(-c5ccc(N(c6ccc(-c7ccccc7)cc6)c6ccc(-c7ccccc7)cc6)cc5)cc5cccc2c5c34)cc1. The van der Waals surface area contributed by atoms with Crippen LogP contribution in [0.1, 0.15) is 26.3 Å². The number of anilines is 3. The Balaban J connectivity index is 1.06. The Bertz CT molecular complexity index is 2890. The third-order valence-corrected chi connectivity index (χ3v) is 11.6. The van der Waals surface area contributed by atoms with Gasteiger partial charge in [0.15, 0.2) is 0 Å². The Kier molecular flexibility index (Phi) is 8.46. The summed E-state index contributed by atoms with van der Waals surface area (Å²) in [5.41, 5.74) is 14.6. The lowest BCUT2D eigenvalue weighted by Gasteiger charge is -2.26. The molecule has 272 valence electrons. The van der Waals surface area contributed by atoms with E-state index in [0.29, 0.717) is 0 Å². The van der Waals surface area contributed by atoms with E-state index in [0.717, 1.165) is 17.1 Å². The van der Waals surface area contributed by atoms with E-state index in [1.165, 1.54) is 82.4 Å². The summed E-state index contributed by atoms with van der Waals surface area (Å²) in [7, 11) is 0. The second-order valence-corrected chi connectivity index (χ2v) is 16.2. The third-order valence-electron chi connectivity index (χ3n) is 11.6. The Morgan fingerprint density at radius 2 is 0.667 bits per heavy atom. The van der Waals surface area contributed by atoms with Crippen molar-refractivity contribution in [1.29, 1.82) is 0 Å². The molecule has 0 saturated carbocycles.